The first-order valence-electron chi connectivity index (χ1n) is 4.83. The summed E-state index contributed by atoms with van der Waals surface area (Å²) in [6.07, 6.45) is 1.28. The molecule has 0 saturated heterocycles. The molecule has 0 saturated carbocycles. The summed E-state index contributed by atoms with van der Waals surface area (Å²) in [5.74, 6) is -0.326. The summed E-state index contributed by atoms with van der Waals surface area (Å²) in [5, 5.41) is 9.57. The zero-order chi connectivity index (χ0) is 11.5. The monoisotopic (exact) mass is 217 g/mol. The van der Waals surface area contributed by atoms with Crippen LogP contribution in [0.1, 0.15) is 21.6 Å². The largest absolute Gasteiger partial charge is 0.320 e. The standard InChI is InChI=1S/C11H11N3O2/c1-7-3-4-9(8(2)5-7)13-11(15)10-6-12-16-14-10/h3-6H,1-2H3,(H,13,15). The first-order chi connectivity index (χ1) is 7.66. The number of hydrogen-bond donors (Lipinski definition) is 1. The van der Waals surface area contributed by atoms with Gasteiger partial charge in [0.15, 0.2) is 5.69 Å². The van der Waals surface area contributed by atoms with Crippen molar-refractivity contribution in [3.05, 3.63) is 41.2 Å². The molecular formula is C11H11N3O2. The van der Waals surface area contributed by atoms with E-state index in [4.69, 9.17) is 0 Å². The third-order valence-electron chi connectivity index (χ3n) is 2.22. The van der Waals surface area contributed by atoms with Crippen LogP contribution in [-0.4, -0.2) is 16.2 Å². The number of nitrogens with one attached hydrogen (secondary N) is 1. The summed E-state index contributed by atoms with van der Waals surface area (Å²) >= 11 is 0. The predicted molar refractivity (Wildman–Crippen MR) is 58.2 cm³/mol. The van der Waals surface area contributed by atoms with Gasteiger partial charge in [-0.3, -0.25) is 4.79 Å². The summed E-state index contributed by atoms with van der Waals surface area (Å²) in [6.45, 7) is 3.93. The topological polar surface area (TPSA) is 68.0 Å². The van der Waals surface area contributed by atoms with Crippen LogP contribution in [0.2, 0.25) is 0 Å². The molecule has 1 heterocycles. The summed E-state index contributed by atoms with van der Waals surface area (Å²) in [6, 6.07) is 5.79. The van der Waals surface area contributed by atoms with Crippen molar-refractivity contribution in [3.8, 4) is 0 Å². The molecule has 1 aromatic heterocycles. The summed E-state index contributed by atoms with van der Waals surface area (Å²) < 4.78 is 4.36. The molecule has 0 unspecified atom stereocenters. The maximum atomic E-state index is 11.6. The van der Waals surface area contributed by atoms with Gasteiger partial charge in [0.25, 0.3) is 5.91 Å². The van der Waals surface area contributed by atoms with Gasteiger partial charge in [0.1, 0.15) is 6.20 Å². The van der Waals surface area contributed by atoms with Gasteiger partial charge in [0.2, 0.25) is 0 Å². The van der Waals surface area contributed by atoms with Gasteiger partial charge in [0.05, 0.1) is 0 Å². The second-order valence-electron chi connectivity index (χ2n) is 3.57. The maximum Gasteiger partial charge on any atom is 0.279 e. The van der Waals surface area contributed by atoms with Crippen LogP contribution in [0.5, 0.6) is 0 Å². The number of hydrogen-bond acceptors (Lipinski definition) is 4. The van der Waals surface area contributed by atoms with Crippen LogP contribution in [0.25, 0.3) is 0 Å². The molecule has 0 atom stereocenters. The lowest BCUT2D eigenvalue weighted by Gasteiger charge is -2.07. The van der Waals surface area contributed by atoms with Crippen molar-refractivity contribution in [1.29, 1.82) is 0 Å². The fourth-order valence-electron chi connectivity index (χ4n) is 1.40. The number of anilines is 1. The summed E-state index contributed by atoms with van der Waals surface area (Å²) in [7, 11) is 0. The van der Waals surface area contributed by atoms with Crippen molar-refractivity contribution in [2.75, 3.05) is 5.32 Å². The highest BCUT2D eigenvalue weighted by Crippen LogP contribution is 2.16. The van der Waals surface area contributed by atoms with Gasteiger partial charge < -0.3 is 5.32 Å². The minimum Gasteiger partial charge on any atom is -0.320 e. The lowest BCUT2D eigenvalue weighted by molar-refractivity contribution is 0.101. The van der Waals surface area contributed by atoms with E-state index >= 15 is 0 Å². The van der Waals surface area contributed by atoms with Gasteiger partial charge in [-0.2, -0.15) is 0 Å². The molecule has 1 aromatic carbocycles. The van der Waals surface area contributed by atoms with Crippen LogP contribution in [0.4, 0.5) is 5.69 Å². The lowest BCUT2D eigenvalue weighted by Crippen LogP contribution is -2.13. The molecule has 0 bridgehead atoms. The number of rotatable bonds is 2. The highest BCUT2D eigenvalue weighted by Gasteiger charge is 2.11. The van der Waals surface area contributed by atoms with E-state index in [1.165, 1.54) is 6.20 Å². The fourth-order valence-corrected chi connectivity index (χ4v) is 1.40. The number of aryl methyl sites for hydroxylation is 2. The van der Waals surface area contributed by atoms with E-state index in [1.807, 2.05) is 32.0 Å². The predicted octanol–water partition coefficient (Wildman–Crippen LogP) is 1.94. The average Bonchev–Trinajstić information content (AvgIpc) is 2.75. The second-order valence-corrected chi connectivity index (χ2v) is 3.57. The van der Waals surface area contributed by atoms with Gasteiger partial charge in [-0.1, -0.05) is 22.9 Å². The molecule has 0 aliphatic rings. The molecule has 1 amide bonds. The molecule has 0 aliphatic carbocycles. The Bertz CT molecular complexity index is 506. The fraction of sp³-hybridized carbons (Fsp3) is 0.182. The van der Waals surface area contributed by atoms with Crippen molar-refractivity contribution in [2.45, 2.75) is 13.8 Å². The van der Waals surface area contributed by atoms with Crippen LogP contribution in [0.3, 0.4) is 0 Å². The zero-order valence-corrected chi connectivity index (χ0v) is 9.02. The highest BCUT2D eigenvalue weighted by molar-refractivity contribution is 6.02. The van der Waals surface area contributed by atoms with Crippen LogP contribution < -0.4 is 5.32 Å². The van der Waals surface area contributed by atoms with E-state index in [2.05, 4.69) is 20.3 Å². The van der Waals surface area contributed by atoms with E-state index < -0.39 is 0 Å². The number of amides is 1. The Labute approximate surface area is 92.4 Å². The number of aromatic nitrogens is 2. The van der Waals surface area contributed by atoms with Crippen molar-refractivity contribution in [3.63, 3.8) is 0 Å². The van der Waals surface area contributed by atoms with Crippen molar-refractivity contribution in [1.82, 2.24) is 10.3 Å². The molecule has 16 heavy (non-hydrogen) atoms. The van der Waals surface area contributed by atoms with E-state index in [0.717, 1.165) is 16.8 Å². The van der Waals surface area contributed by atoms with Gasteiger partial charge in [0, 0.05) is 5.69 Å². The molecule has 0 radical (unpaired) electrons. The molecule has 0 spiro atoms. The van der Waals surface area contributed by atoms with Gasteiger partial charge in [-0.15, -0.1) is 0 Å². The molecule has 0 aliphatic heterocycles. The van der Waals surface area contributed by atoms with Crippen molar-refractivity contribution in [2.24, 2.45) is 0 Å². The van der Waals surface area contributed by atoms with E-state index in [9.17, 15) is 4.79 Å². The molecule has 5 nitrogen and oxygen atoms in total. The van der Waals surface area contributed by atoms with E-state index in [-0.39, 0.29) is 11.6 Å². The average molecular weight is 217 g/mol. The molecule has 0 fully saturated rings. The van der Waals surface area contributed by atoms with Gasteiger partial charge >= 0.3 is 0 Å². The number of nitrogens with zero attached hydrogens (tertiary/aromatic N) is 2. The van der Waals surface area contributed by atoms with Crippen LogP contribution >= 0.6 is 0 Å². The summed E-state index contributed by atoms with van der Waals surface area (Å²) in [4.78, 5) is 11.6. The third kappa shape index (κ3) is 2.08. The minimum absolute atomic E-state index is 0.167. The minimum atomic E-state index is -0.326. The highest BCUT2D eigenvalue weighted by atomic mass is 16.6. The summed E-state index contributed by atoms with van der Waals surface area (Å²) in [5.41, 5.74) is 3.09. The van der Waals surface area contributed by atoms with Crippen molar-refractivity contribution < 1.29 is 9.42 Å². The Morgan fingerprint density at radius 1 is 1.38 bits per heavy atom. The zero-order valence-electron chi connectivity index (χ0n) is 9.02. The first-order valence-corrected chi connectivity index (χ1v) is 4.83. The molecule has 2 rings (SSSR count). The maximum absolute atomic E-state index is 11.6. The Hall–Kier alpha value is -2.17. The molecule has 1 N–H and O–H groups in total. The normalized spacial score (nSPS) is 10.1. The SMILES string of the molecule is Cc1ccc(NC(=O)c2cnon2)c(C)c1. The Morgan fingerprint density at radius 2 is 2.19 bits per heavy atom. The number of carbonyl (C=O) groups excluding carboxylic acids is 1. The van der Waals surface area contributed by atoms with Crippen LogP contribution in [0.15, 0.2) is 29.0 Å². The number of benzene rings is 1. The molecule has 2 aromatic rings. The van der Waals surface area contributed by atoms with Gasteiger partial charge in [-0.05, 0) is 30.6 Å². The molecule has 82 valence electrons. The van der Waals surface area contributed by atoms with Crippen molar-refractivity contribution >= 4 is 11.6 Å². The third-order valence-corrected chi connectivity index (χ3v) is 2.22. The smallest absolute Gasteiger partial charge is 0.279 e. The first kappa shape index (κ1) is 10.4. The Balaban J connectivity index is 2.18. The van der Waals surface area contributed by atoms with Crippen LogP contribution in [-0.2, 0) is 0 Å². The molecular weight excluding hydrogens is 206 g/mol. The lowest BCUT2D eigenvalue weighted by atomic mass is 10.1. The van der Waals surface area contributed by atoms with Gasteiger partial charge in [-0.25, -0.2) is 4.63 Å². The Kier molecular flexibility index (Phi) is 2.68. The molecule has 5 heteroatoms. The van der Waals surface area contributed by atoms with E-state index in [0.29, 0.717) is 0 Å². The van der Waals surface area contributed by atoms with E-state index in [1.54, 1.807) is 0 Å². The second kappa shape index (κ2) is 4.14. The Morgan fingerprint density at radius 3 is 2.81 bits per heavy atom. The quantitative estimate of drug-likeness (QED) is 0.834. The van der Waals surface area contributed by atoms with Crippen LogP contribution in [0, 0.1) is 13.8 Å². The number of carbonyl (C=O) groups is 1.